The minimum Gasteiger partial charge on any atom is -0.373 e. The van der Waals surface area contributed by atoms with Crippen LogP contribution >= 0.6 is 0 Å². The van der Waals surface area contributed by atoms with Crippen molar-refractivity contribution in [2.75, 3.05) is 43.4 Å². The smallest absolute Gasteiger partial charge is 0.125 e. The van der Waals surface area contributed by atoms with Crippen LogP contribution in [0.15, 0.2) is 18.3 Å². The summed E-state index contributed by atoms with van der Waals surface area (Å²) < 4.78 is 0. The first-order valence-corrected chi connectivity index (χ1v) is 7.99. The van der Waals surface area contributed by atoms with E-state index in [9.17, 15) is 0 Å². The monoisotopic (exact) mass is 274 g/mol. The van der Waals surface area contributed by atoms with Gasteiger partial charge in [-0.05, 0) is 50.9 Å². The molecule has 0 spiro atoms. The third-order valence-corrected chi connectivity index (χ3v) is 4.74. The molecule has 3 rings (SSSR count). The number of hydrogen-bond acceptors (Lipinski definition) is 4. The minimum absolute atomic E-state index is 0.816. The molecule has 1 aromatic rings. The number of pyridine rings is 1. The van der Waals surface area contributed by atoms with E-state index in [-0.39, 0.29) is 0 Å². The van der Waals surface area contributed by atoms with Gasteiger partial charge in [-0.25, -0.2) is 4.98 Å². The molecule has 0 unspecified atom stereocenters. The molecule has 0 aliphatic carbocycles. The first-order valence-electron chi connectivity index (χ1n) is 7.99. The molecule has 0 amide bonds. The molecule has 0 atom stereocenters. The van der Waals surface area contributed by atoms with E-state index in [0.717, 1.165) is 11.9 Å². The van der Waals surface area contributed by atoms with E-state index in [1.165, 1.54) is 64.0 Å². The molecule has 0 bridgehead atoms. The van der Waals surface area contributed by atoms with Crippen LogP contribution < -0.4 is 10.2 Å². The lowest BCUT2D eigenvalue weighted by atomic mass is 9.99. The molecule has 4 nitrogen and oxygen atoms in total. The Balaban J connectivity index is 1.54. The van der Waals surface area contributed by atoms with Gasteiger partial charge in [0.15, 0.2) is 0 Å². The number of anilines is 2. The summed E-state index contributed by atoms with van der Waals surface area (Å²) in [4.78, 5) is 9.62. The SMILES string of the molecule is CNc1ccc(N2CCC(N3CCCCC3)CC2)cn1. The van der Waals surface area contributed by atoms with Gasteiger partial charge in [-0.1, -0.05) is 6.42 Å². The second kappa shape index (κ2) is 6.44. The Kier molecular flexibility index (Phi) is 4.41. The van der Waals surface area contributed by atoms with Gasteiger partial charge in [0.2, 0.25) is 0 Å². The van der Waals surface area contributed by atoms with Crippen LogP contribution in [0.1, 0.15) is 32.1 Å². The zero-order chi connectivity index (χ0) is 13.8. The molecule has 2 aliphatic rings. The van der Waals surface area contributed by atoms with Crippen LogP contribution in [-0.2, 0) is 0 Å². The maximum Gasteiger partial charge on any atom is 0.125 e. The van der Waals surface area contributed by atoms with E-state index < -0.39 is 0 Å². The summed E-state index contributed by atoms with van der Waals surface area (Å²) in [5.74, 6) is 0.942. The van der Waals surface area contributed by atoms with E-state index in [1.807, 2.05) is 13.2 Å². The van der Waals surface area contributed by atoms with E-state index in [2.05, 4.69) is 32.2 Å². The van der Waals surface area contributed by atoms with Gasteiger partial charge in [-0.2, -0.15) is 0 Å². The summed E-state index contributed by atoms with van der Waals surface area (Å²) in [7, 11) is 1.91. The van der Waals surface area contributed by atoms with Crippen LogP contribution in [0.25, 0.3) is 0 Å². The number of hydrogen-bond donors (Lipinski definition) is 1. The standard InChI is InChI=1S/C16H26N4/c1-17-16-6-5-15(13-18-16)20-11-7-14(8-12-20)19-9-3-2-4-10-19/h5-6,13-14H,2-4,7-12H2,1H3,(H,17,18). The van der Waals surface area contributed by atoms with E-state index in [0.29, 0.717) is 0 Å². The largest absolute Gasteiger partial charge is 0.373 e. The summed E-state index contributed by atoms with van der Waals surface area (Å²) in [6.07, 6.45) is 8.82. The van der Waals surface area contributed by atoms with Crippen molar-refractivity contribution in [2.45, 2.75) is 38.1 Å². The molecule has 2 fully saturated rings. The Morgan fingerprint density at radius 2 is 1.80 bits per heavy atom. The highest BCUT2D eigenvalue weighted by molar-refractivity contribution is 5.49. The summed E-state index contributed by atoms with van der Waals surface area (Å²) in [5.41, 5.74) is 1.26. The van der Waals surface area contributed by atoms with Crippen molar-refractivity contribution >= 4 is 11.5 Å². The lowest BCUT2D eigenvalue weighted by molar-refractivity contribution is 0.141. The molecular formula is C16H26N4. The summed E-state index contributed by atoms with van der Waals surface area (Å²) in [6, 6.07) is 5.06. The highest BCUT2D eigenvalue weighted by Crippen LogP contribution is 2.24. The fourth-order valence-corrected chi connectivity index (χ4v) is 3.49. The molecule has 0 radical (unpaired) electrons. The number of piperidine rings is 2. The lowest BCUT2D eigenvalue weighted by Crippen LogP contribution is -2.46. The van der Waals surface area contributed by atoms with Crippen molar-refractivity contribution in [3.05, 3.63) is 18.3 Å². The molecule has 0 aromatic carbocycles. The Hall–Kier alpha value is -1.29. The fraction of sp³-hybridized carbons (Fsp3) is 0.688. The number of rotatable bonds is 3. The predicted molar refractivity (Wildman–Crippen MR) is 84.4 cm³/mol. The highest BCUT2D eigenvalue weighted by atomic mass is 15.2. The molecule has 2 aliphatic heterocycles. The first-order chi connectivity index (χ1) is 9.86. The third kappa shape index (κ3) is 3.06. The topological polar surface area (TPSA) is 31.4 Å². The average Bonchev–Trinajstić information content (AvgIpc) is 2.56. The van der Waals surface area contributed by atoms with Gasteiger partial charge >= 0.3 is 0 Å². The van der Waals surface area contributed by atoms with Crippen molar-refractivity contribution in [2.24, 2.45) is 0 Å². The maximum absolute atomic E-state index is 4.42. The molecular weight excluding hydrogens is 248 g/mol. The fourth-order valence-electron chi connectivity index (χ4n) is 3.49. The van der Waals surface area contributed by atoms with Crippen LogP contribution in [0.4, 0.5) is 11.5 Å². The highest BCUT2D eigenvalue weighted by Gasteiger charge is 2.25. The number of likely N-dealkylation sites (tertiary alicyclic amines) is 1. The molecule has 0 saturated carbocycles. The van der Waals surface area contributed by atoms with Gasteiger partial charge in [0.25, 0.3) is 0 Å². The van der Waals surface area contributed by atoms with Gasteiger partial charge in [0, 0.05) is 26.2 Å². The van der Waals surface area contributed by atoms with Gasteiger partial charge < -0.3 is 15.1 Å². The number of nitrogens with one attached hydrogen (secondary N) is 1. The van der Waals surface area contributed by atoms with Gasteiger partial charge in [0.1, 0.15) is 5.82 Å². The first kappa shape index (κ1) is 13.7. The number of aromatic nitrogens is 1. The Morgan fingerprint density at radius 3 is 2.40 bits per heavy atom. The lowest BCUT2D eigenvalue weighted by Gasteiger charge is -2.40. The maximum atomic E-state index is 4.42. The quantitative estimate of drug-likeness (QED) is 0.918. The Morgan fingerprint density at radius 1 is 1.05 bits per heavy atom. The second-order valence-corrected chi connectivity index (χ2v) is 5.97. The average molecular weight is 274 g/mol. The van der Waals surface area contributed by atoms with Crippen molar-refractivity contribution in [3.8, 4) is 0 Å². The Labute approximate surface area is 122 Å². The third-order valence-electron chi connectivity index (χ3n) is 4.74. The van der Waals surface area contributed by atoms with Crippen LogP contribution in [0.2, 0.25) is 0 Å². The summed E-state index contributed by atoms with van der Waals surface area (Å²) in [6.45, 7) is 4.98. The second-order valence-electron chi connectivity index (χ2n) is 5.97. The molecule has 20 heavy (non-hydrogen) atoms. The normalized spacial score (nSPS) is 21.9. The number of nitrogens with zero attached hydrogens (tertiary/aromatic N) is 3. The molecule has 3 heterocycles. The van der Waals surface area contributed by atoms with Crippen LogP contribution in [0.5, 0.6) is 0 Å². The zero-order valence-electron chi connectivity index (χ0n) is 12.5. The van der Waals surface area contributed by atoms with Gasteiger partial charge in [0.05, 0.1) is 11.9 Å². The molecule has 110 valence electrons. The summed E-state index contributed by atoms with van der Waals surface area (Å²) >= 11 is 0. The zero-order valence-corrected chi connectivity index (χ0v) is 12.5. The predicted octanol–water partition coefficient (Wildman–Crippen LogP) is 2.58. The van der Waals surface area contributed by atoms with Crippen LogP contribution in [0.3, 0.4) is 0 Å². The van der Waals surface area contributed by atoms with Crippen molar-refractivity contribution < 1.29 is 0 Å². The van der Waals surface area contributed by atoms with E-state index >= 15 is 0 Å². The molecule has 1 N–H and O–H groups in total. The van der Waals surface area contributed by atoms with Gasteiger partial charge in [-0.15, -0.1) is 0 Å². The van der Waals surface area contributed by atoms with Crippen LogP contribution in [-0.4, -0.2) is 49.2 Å². The van der Waals surface area contributed by atoms with E-state index in [4.69, 9.17) is 0 Å². The van der Waals surface area contributed by atoms with Gasteiger partial charge in [-0.3, -0.25) is 0 Å². The Bertz CT molecular complexity index is 403. The molecule has 1 aromatic heterocycles. The van der Waals surface area contributed by atoms with Crippen molar-refractivity contribution in [1.29, 1.82) is 0 Å². The van der Waals surface area contributed by atoms with Crippen LogP contribution in [0, 0.1) is 0 Å². The minimum atomic E-state index is 0.816. The van der Waals surface area contributed by atoms with Crippen molar-refractivity contribution in [1.82, 2.24) is 9.88 Å². The van der Waals surface area contributed by atoms with E-state index in [1.54, 1.807) is 0 Å². The summed E-state index contributed by atoms with van der Waals surface area (Å²) in [5, 5.41) is 3.07. The molecule has 2 saturated heterocycles. The molecule has 4 heteroatoms. The van der Waals surface area contributed by atoms with Crippen molar-refractivity contribution in [3.63, 3.8) is 0 Å².